The molecule has 0 fully saturated rings. The van der Waals surface area contributed by atoms with Crippen LogP contribution in [0.4, 0.5) is 5.69 Å². The highest BCUT2D eigenvalue weighted by atomic mass is 35.5. The second-order valence-corrected chi connectivity index (χ2v) is 8.32. The van der Waals surface area contributed by atoms with Gasteiger partial charge in [-0.1, -0.05) is 49.2 Å². The van der Waals surface area contributed by atoms with E-state index in [0.29, 0.717) is 5.69 Å². The fraction of sp³-hybridized carbons (Fsp3) is 0.235. The molecule has 8 heteroatoms. The number of carbonyl (C=O) groups is 1. The number of sulfonamides is 1. The third kappa shape index (κ3) is 5.44. The summed E-state index contributed by atoms with van der Waals surface area (Å²) < 4.78 is 27.2. The zero-order valence-corrected chi connectivity index (χ0v) is 16.0. The molecular weight excluding hydrogens is 383 g/mol. The second-order valence-electron chi connectivity index (χ2n) is 5.74. The average molecular weight is 401 g/mol. The van der Waals surface area contributed by atoms with Crippen molar-refractivity contribution in [2.45, 2.75) is 25.3 Å². The van der Waals surface area contributed by atoms with Crippen molar-refractivity contribution in [3.63, 3.8) is 0 Å². The van der Waals surface area contributed by atoms with Crippen molar-refractivity contribution in [1.29, 1.82) is 0 Å². The lowest BCUT2D eigenvalue weighted by atomic mass is 10.2. The number of rotatable bonds is 6. The van der Waals surface area contributed by atoms with Crippen LogP contribution >= 0.6 is 23.2 Å². The predicted octanol–water partition coefficient (Wildman–Crippen LogP) is 4.07. The van der Waals surface area contributed by atoms with E-state index in [1.165, 1.54) is 18.2 Å². The molecule has 2 aromatic carbocycles. The van der Waals surface area contributed by atoms with Crippen molar-refractivity contribution in [2.24, 2.45) is 5.92 Å². The van der Waals surface area contributed by atoms with Crippen LogP contribution in [0, 0.1) is 5.92 Å². The summed E-state index contributed by atoms with van der Waals surface area (Å²) in [6.45, 7) is 3.70. The fourth-order valence-electron chi connectivity index (χ4n) is 1.93. The molecule has 2 rings (SSSR count). The first kappa shape index (κ1) is 19.7. The molecule has 2 N–H and O–H groups in total. The number of benzene rings is 2. The number of amides is 1. The molecule has 5 nitrogen and oxygen atoms in total. The third-order valence-electron chi connectivity index (χ3n) is 3.39. The summed E-state index contributed by atoms with van der Waals surface area (Å²) >= 11 is 11.8. The fourth-order valence-corrected chi connectivity index (χ4v) is 3.71. The normalized spacial score (nSPS) is 11.6. The molecule has 134 valence electrons. The highest BCUT2D eigenvalue weighted by Gasteiger charge is 2.18. The van der Waals surface area contributed by atoms with Gasteiger partial charge in [-0.05, 0) is 35.9 Å². The van der Waals surface area contributed by atoms with Crippen LogP contribution in [0.3, 0.4) is 0 Å². The summed E-state index contributed by atoms with van der Waals surface area (Å²) in [5.41, 5.74) is 1.40. The van der Waals surface area contributed by atoms with E-state index in [2.05, 4.69) is 10.0 Å². The minimum absolute atomic E-state index is 0.0671. The van der Waals surface area contributed by atoms with E-state index in [-0.39, 0.29) is 33.3 Å². The molecule has 2 aromatic rings. The lowest BCUT2D eigenvalue weighted by Crippen LogP contribution is -2.23. The minimum Gasteiger partial charge on any atom is -0.326 e. The van der Waals surface area contributed by atoms with Crippen LogP contribution < -0.4 is 10.0 Å². The van der Waals surface area contributed by atoms with Gasteiger partial charge in [0.05, 0.1) is 5.02 Å². The number of carbonyl (C=O) groups excluding carboxylic acids is 1. The number of hydrogen-bond donors (Lipinski definition) is 2. The maximum absolute atomic E-state index is 12.4. The molecule has 0 aliphatic heterocycles. The molecule has 0 radical (unpaired) electrons. The topological polar surface area (TPSA) is 75.3 Å². The van der Waals surface area contributed by atoms with E-state index in [0.717, 1.165) is 5.56 Å². The van der Waals surface area contributed by atoms with E-state index < -0.39 is 10.0 Å². The zero-order valence-electron chi connectivity index (χ0n) is 13.7. The van der Waals surface area contributed by atoms with Gasteiger partial charge >= 0.3 is 0 Å². The molecule has 0 aliphatic rings. The summed E-state index contributed by atoms with van der Waals surface area (Å²) in [5.74, 6) is -0.196. The molecule has 0 spiro atoms. The van der Waals surface area contributed by atoms with Gasteiger partial charge in [0, 0.05) is 23.2 Å². The maximum Gasteiger partial charge on any atom is 0.242 e. The summed E-state index contributed by atoms with van der Waals surface area (Å²) in [6.07, 6.45) is 0. The quantitative estimate of drug-likeness (QED) is 0.767. The molecule has 25 heavy (non-hydrogen) atoms. The van der Waals surface area contributed by atoms with Gasteiger partial charge in [-0.3, -0.25) is 4.79 Å². The van der Waals surface area contributed by atoms with Crippen molar-refractivity contribution >= 4 is 44.8 Å². The average Bonchev–Trinajstić information content (AvgIpc) is 2.56. The molecule has 0 saturated heterocycles. The Labute approximate surface area is 157 Å². The van der Waals surface area contributed by atoms with Crippen LogP contribution in [0.2, 0.25) is 10.0 Å². The highest BCUT2D eigenvalue weighted by molar-refractivity contribution is 7.89. The van der Waals surface area contributed by atoms with Gasteiger partial charge in [0.1, 0.15) is 4.90 Å². The first-order valence-corrected chi connectivity index (χ1v) is 9.77. The van der Waals surface area contributed by atoms with Crippen molar-refractivity contribution < 1.29 is 13.2 Å². The Morgan fingerprint density at radius 1 is 1.08 bits per heavy atom. The van der Waals surface area contributed by atoms with Crippen LogP contribution in [0.25, 0.3) is 0 Å². The lowest BCUT2D eigenvalue weighted by molar-refractivity contribution is -0.118. The van der Waals surface area contributed by atoms with Gasteiger partial charge in [0.15, 0.2) is 0 Å². The van der Waals surface area contributed by atoms with Crippen LogP contribution in [-0.4, -0.2) is 14.3 Å². The summed E-state index contributed by atoms with van der Waals surface area (Å²) in [7, 11) is -3.79. The summed E-state index contributed by atoms with van der Waals surface area (Å²) in [6, 6.07) is 11.2. The Kier molecular flexibility index (Phi) is 6.46. The molecule has 0 atom stereocenters. The van der Waals surface area contributed by atoms with Crippen molar-refractivity contribution in [2.75, 3.05) is 5.32 Å². The van der Waals surface area contributed by atoms with Crippen LogP contribution in [-0.2, 0) is 21.4 Å². The van der Waals surface area contributed by atoms with E-state index in [1.54, 1.807) is 38.1 Å². The van der Waals surface area contributed by atoms with E-state index in [1.807, 2.05) is 0 Å². The van der Waals surface area contributed by atoms with Gasteiger partial charge in [-0.2, -0.15) is 0 Å². The Morgan fingerprint density at radius 2 is 1.72 bits per heavy atom. The first-order chi connectivity index (χ1) is 11.7. The number of anilines is 1. The van der Waals surface area contributed by atoms with E-state index >= 15 is 0 Å². The minimum atomic E-state index is -3.79. The van der Waals surface area contributed by atoms with Crippen molar-refractivity contribution in [3.8, 4) is 0 Å². The largest absolute Gasteiger partial charge is 0.326 e. The predicted molar refractivity (Wildman–Crippen MR) is 100 cm³/mol. The molecule has 0 saturated carbocycles. The van der Waals surface area contributed by atoms with Gasteiger partial charge in [0.25, 0.3) is 0 Å². The van der Waals surface area contributed by atoms with Gasteiger partial charge < -0.3 is 5.32 Å². The van der Waals surface area contributed by atoms with Crippen LogP contribution in [0.15, 0.2) is 47.4 Å². The Morgan fingerprint density at radius 3 is 2.32 bits per heavy atom. The lowest BCUT2D eigenvalue weighted by Gasteiger charge is -2.10. The number of nitrogens with one attached hydrogen (secondary N) is 2. The van der Waals surface area contributed by atoms with E-state index in [9.17, 15) is 13.2 Å². The molecule has 0 unspecified atom stereocenters. The SMILES string of the molecule is CC(C)C(=O)Nc1ccc(CNS(=O)(=O)c2cc(Cl)ccc2Cl)cc1. The van der Waals surface area contributed by atoms with Crippen LogP contribution in [0.5, 0.6) is 0 Å². The maximum atomic E-state index is 12.4. The van der Waals surface area contributed by atoms with Gasteiger partial charge in [0.2, 0.25) is 15.9 Å². The summed E-state index contributed by atoms with van der Waals surface area (Å²) in [5, 5.41) is 3.16. The number of halogens is 2. The molecule has 1 amide bonds. The Hall–Kier alpha value is -1.60. The summed E-state index contributed by atoms with van der Waals surface area (Å²) in [4.78, 5) is 11.6. The van der Waals surface area contributed by atoms with Gasteiger partial charge in [-0.15, -0.1) is 0 Å². The van der Waals surface area contributed by atoms with Crippen molar-refractivity contribution in [3.05, 3.63) is 58.1 Å². The smallest absolute Gasteiger partial charge is 0.242 e. The van der Waals surface area contributed by atoms with Crippen LogP contribution in [0.1, 0.15) is 19.4 Å². The molecule has 0 aromatic heterocycles. The van der Waals surface area contributed by atoms with Gasteiger partial charge in [-0.25, -0.2) is 13.1 Å². The second kappa shape index (κ2) is 8.19. The Balaban J connectivity index is 2.05. The molecule has 0 bridgehead atoms. The first-order valence-electron chi connectivity index (χ1n) is 7.53. The Bertz CT molecular complexity index is 866. The number of hydrogen-bond acceptors (Lipinski definition) is 3. The monoisotopic (exact) mass is 400 g/mol. The highest BCUT2D eigenvalue weighted by Crippen LogP contribution is 2.25. The van der Waals surface area contributed by atoms with Crippen molar-refractivity contribution in [1.82, 2.24) is 4.72 Å². The molecule has 0 aliphatic carbocycles. The van der Waals surface area contributed by atoms with E-state index in [4.69, 9.17) is 23.2 Å². The standard InChI is InChI=1S/C17H18Cl2N2O3S/c1-11(2)17(22)21-14-6-3-12(4-7-14)10-20-25(23,24)16-9-13(18)5-8-15(16)19/h3-9,11,20H,10H2,1-2H3,(H,21,22). The zero-order chi connectivity index (χ0) is 18.6. The molecule has 0 heterocycles. The molecular formula is C17H18Cl2N2O3S. The third-order valence-corrected chi connectivity index (χ3v) is 5.51.